The zero-order chi connectivity index (χ0) is 14.1. The number of nitrogens with zero attached hydrogens (tertiary/aromatic N) is 1. The van der Waals surface area contributed by atoms with Gasteiger partial charge in [-0.15, -0.1) is 0 Å². The maximum atomic E-state index is 13.4. The summed E-state index contributed by atoms with van der Waals surface area (Å²) in [6, 6.07) is 0. The number of likely N-dealkylation sites (tertiary alicyclic amines) is 1. The first-order chi connectivity index (χ1) is 8.83. The van der Waals surface area contributed by atoms with Gasteiger partial charge >= 0.3 is 5.97 Å². The molecule has 1 saturated carbocycles. The Kier molecular flexibility index (Phi) is 4.14. The second-order valence-electron chi connectivity index (χ2n) is 6.30. The minimum absolute atomic E-state index is 0.0142. The van der Waals surface area contributed by atoms with Gasteiger partial charge in [-0.3, -0.25) is 9.69 Å². The van der Waals surface area contributed by atoms with Crippen molar-refractivity contribution in [3.05, 3.63) is 0 Å². The van der Waals surface area contributed by atoms with E-state index in [4.69, 9.17) is 0 Å². The van der Waals surface area contributed by atoms with Crippen LogP contribution in [0, 0.1) is 5.92 Å². The Morgan fingerprint density at radius 3 is 2.68 bits per heavy atom. The molecule has 0 aromatic carbocycles. The van der Waals surface area contributed by atoms with Crippen LogP contribution in [0.2, 0.25) is 0 Å². The number of hydrogen-bond donors (Lipinski definition) is 1. The van der Waals surface area contributed by atoms with Crippen LogP contribution in [0.4, 0.5) is 8.78 Å². The van der Waals surface area contributed by atoms with Crippen molar-refractivity contribution in [3.8, 4) is 0 Å². The molecular weight excluding hydrogens is 252 g/mol. The number of halogens is 2. The molecule has 1 aliphatic carbocycles. The van der Waals surface area contributed by atoms with Crippen molar-refractivity contribution in [2.45, 2.75) is 63.3 Å². The summed E-state index contributed by atoms with van der Waals surface area (Å²) in [6.07, 6.45) is 3.73. The molecule has 2 aliphatic rings. The Hall–Kier alpha value is -0.710. The molecule has 2 rings (SSSR count). The van der Waals surface area contributed by atoms with Crippen LogP contribution in [0.3, 0.4) is 0 Å². The van der Waals surface area contributed by atoms with E-state index in [1.807, 2.05) is 4.90 Å². The summed E-state index contributed by atoms with van der Waals surface area (Å²) in [4.78, 5) is 13.4. The van der Waals surface area contributed by atoms with Crippen LogP contribution >= 0.6 is 0 Å². The normalized spacial score (nSPS) is 36.1. The largest absolute Gasteiger partial charge is 0.480 e. The number of aliphatic carboxylic acids is 1. The number of carboxylic acid groups (broad SMARTS) is 1. The SMILES string of the molecule is CC1(C(=O)O)CCCCN1CC1CCCC(F)(F)C1. The van der Waals surface area contributed by atoms with E-state index in [-0.39, 0.29) is 18.8 Å². The molecule has 110 valence electrons. The third-order valence-corrected chi connectivity index (χ3v) is 4.72. The molecule has 3 nitrogen and oxygen atoms in total. The third-order valence-electron chi connectivity index (χ3n) is 4.72. The molecule has 1 saturated heterocycles. The molecule has 0 bridgehead atoms. The van der Waals surface area contributed by atoms with E-state index in [9.17, 15) is 18.7 Å². The van der Waals surface area contributed by atoms with Gasteiger partial charge in [0.05, 0.1) is 0 Å². The molecule has 2 unspecified atom stereocenters. The van der Waals surface area contributed by atoms with Gasteiger partial charge in [0, 0.05) is 19.4 Å². The van der Waals surface area contributed by atoms with E-state index < -0.39 is 17.4 Å². The summed E-state index contributed by atoms with van der Waals surface area (Å²) in [5.74, 6) is -3.45. The molecule has 2 atom stereocenters. The zero-order valence-corrected chi connectivity index (χ0v) is 11.5. The van der Waals surface area contributed by atoms with Gasteiger partial charge in [0.1, 0.15) is 5.54 Å². The summed E-state index contributed by atoms with van der Waals surface area (Å²) in [6.45, 7) is 2.94. The number of alkyl halides is 2. The lowest BCUT2D eigenvalue weighted by atomic mass is 9.83. The van der Waals surface area contributed by atoms with Gasteiger partial charge < -0.3 is 5.11 Å². The van der Waals surface area contributed by atoms with Gasteiger partial charge in [-0.1, -0.05) is 0 Å². The molecule has 0 amide bonds. The number of piperidine rings is 1. The Balaban J connectivity index is 2.02. The topological polar surface area (TPSA) is 40.5 Å². The van der Waals surface area contributed by atoms with Crippen LogP contribution in [-0.2, 0) is 4.79 Å². The van der Waals surface area contributed by atoms with Crippen LogP contribution < -0.4 is 0 Å². The van der Waals surface area contributed by atoms with E-state index in [0.717, 1.165) is 19.3 Å². The van der Waals surface area contributed by atoms with Gasteiger partial charge in [-0.05, 0) is 51.5 Å². The van der Waals surface area contributed by atoms with Crippen LogP contribution in [0.1, 0.15) is 51.9 Å². The molecule has 0 aromatic rings. The minimum atomic E-state index is -2.56. The van der Waals surface area contributed by atoms with Crippen molar-refractivity contribution < 1.29 is 18.7 Å². The molecule has 5 heteroatoms. The highest BCUT2D eigenvalue weighted by Crippen LogP contribution is 2.38. The van der Waals surface area contributed by atoms with Crippen LogP contribution in [0.25, 0.3) is 0 Å². The number of carbonyl (C=O) groups is 1. The molecule has 2 fully saturated rings. The fourth-order valence-corrected chi connectivity index (χ4v) is 3.46. The second kappa shape index (κ2) is 5.35. The van der Waals surface area contributed by atoms with E-state index in [2.05, 4.69) is 0 Å². The van der Waals surface area contributed by atoms with E-state index in [1.54, 1.807) is 6.92 Å². The second-order valence-corrected chi connectivity index (χ2v) is 6.30. The number of rotatable bonds is 3. The van der Waals surface area contributed by atoms with Gasteiger partial charge in [0.2, 0.25) is 5.92 Å². The molecular formula is C14H23F2NO2. The monoisotopic (exact) mass is 275 g/mol. The van der Waals surface area contributed by atoms with Crippen molar-refractivity contribution in [2.75, 3.05) is 13.1 Å². The number of hydrogen-bond acceptors (Lipinski definition) is 2. The quantitative estimate of drug-likeness (QED) is 0.860. The summed E-state index contributed by atoms with van der Waals surface area (Å²) >= 11 is 0. The highest BCUT2D eigenvalue weighted by molar-refractivity contribution is 5.78. The van der Waals surface area contributed by atoms with Crippen molar-refractivity contribution in [2.24, 2.45) is 5.92 Å². The molecule has 1 heterocycles. The predicted molar refractivity (Wildman–Crippen MR) is 68.4 cm³/mol. The summed E-state index contributed by atoms with van der Waals surface area (Å²) < 4.78 is 26.9. The van der Waals surface area contributed by atoms with Crippen molar-refractivity contribution >= 4 is 5.97 Å². The first-order valence-electron chi connectivity index (χ1n) is 7.20. The Labute approximate surface area is 113 Å². The van der Waals surface area contributed by atoms with Crippen LogP contribution in [-0.4, -0.2) is 40.5 Å². The first kappa shape index (κ1) is 14.7. The van der Waals surface area contributed by atoms with Crippen molar-refractivity contribution in [1.29, 1.82) is 0 Å². The average molecular weight is 275 g/mol. The smallest absolute Gasteiger partial charge is 0.323 e. The average Bonchev–Trinajstić information content (AvgIpc) is 2.31. The Morgan fingerprint density at radius 2 is 2.05 bits per heavy atom. The molecule has 19 heavy (non-hydrogen) atoms. The maximum absolute atomic E-state index is 13.4. The van der Waals surface area contributed by atoms with Crippen LogP contribution in [0.5, 0.6) is 0 Å². The van der Waals surface area contributed by atoms with Gasteiger partial charge in [-0.2, -0.15) is 0 Å². The summed E-state index contributed by atoms with van der Waals surface area (Å²) in [5, 5.41) is 9.41. The van der Waals surface area contributed by atoms with E-state index >= 15 is 0 Å². The molecule has 1 aliphatic heterocycles. The lowest BCUT2D eigenvalue weighted by Gasteiger charge is -2.44. The highest BCUT2D eigenvalue weighted by Gasteiger charge is 2.44. The summed E-state index contributed by atoms with van der Waals surface area (Å²) in [7, 11) is 0. The highest BCUT2D eigenvalue weighted by atomic mass is 19.3. The Morgan fingerprint density at radius 1 is 1.32 bits per heavy atom. The Bertz CT molecular complexity index is 348. The fraction of sp³-hybridized carbons (Fsp3) is 0.929. The van der Waals surface area contributed by atoms with Crippen LogP contribution in [0.15, 0.2) is 0 Å². The van der Waals surface area contributed by atoms with Gasteiger partial charge in [0.25, 0.3) is 0 Å². The predicted octanol–water partition coefficient (Wildman–Crippen LogP) is 3.14. The summed E-state index contributed by atoms with van der Waals surface area (Å²) in [5.41, 5.74) is -0.870. The lowest BCUT2D eigenvalue weighted by molar-refractivity contribution is -0.154. The standard InChI is InChI=1S/C14H23F2NO2/c1-13(12(18)19)6-2-3-8-17(13)10-11-5-4-7-14(15,16)9-11/h11H,2-10H2,1H3,(H,18,19). The first-order valence-corrected chi connectivity index (χ1v) is 7.20. The molecule has 1 N–H and O–H groups in total. The third kappa shape index (κ3) is 3.25. The minimum Gasteiger partial charge on any atom is -0.480 e. The van der Waals surface area contributed by atoms with Gasteiger partial charge in [-0.25, -0.2) is 8.78 Å². The molecule has 0 spiro atoms. The van der Waals surface area contributed by atoms with Crippen molar-refractivity contribution in [3.63, 3.8) is 0 Å². The van der Waals surface area contributed by atoms with E-state index in [1.165, 1.54) is 0 Å². The van der Waals surface area contributed by atoms with Gasteiger partial charge in [0.15, 0.2) is 0 Å². The lowest BCUT2D eigenvalue weighted by Crippen LogP contribution is -2.56. The fourth-order valence-electron chi connectivity index (χ4n) is 3.46. The van der Waals surface area contributed by atoms with E-state index in [0.29, 0.717) is 25.9 Å². The maximum Gasteiger partial charge on any atom is 0.323 e. The number of carboxylic acids is 1. The molecule has 0 radical (unpaired) electrons. The van der Waals surface area contributed by atoms with Crippen molar-refractivity contribution in [1.82, 2.24) is 4.90 Å². The zero-order valence-electron chi connectivity index (χ0n) is 11.5. The molecule has 0 aromatic heterocycles.